The molecule has 332 valence electrons. The van der Waals surface area contributed by atoms with Crippen LogP contribution < -0.4 is 5.73 Å². The first-order chi connectivity index (χ1) is 28.8. The number of aliphatic carboxylic acids is 1. The molecule has 1 aromatic carbocycles. The molecule has 3 fully saturated rings. The van der Waals surface area contributed by atoms with E-state index in [9.17, 15) is 40.2 Å². The van der Waals surface area contributed by atoms with Crippen LogP contribution in [-0.2, 0) is 33.3 Å². The summed E-state index contributed by atoms with van der Waals surface area (Å²) in [5.74, 6) is -5.45. The number of hydrogen-bond donors (Lipinski definition) is 7. The van der Waals surface area contributed by atoms with Gasteiger partial charge in [-0.15, -0.1) is 0 Å². The van der Waals surface area contributed by atoms with Crippen LogP contribution in [0, 0.1) is 28.6 Å². The molecular weight excluding hydrogens is 884 g/mol. The van der Waals surface area contributed by atoms with Crippen LogP contribution in [0.2, 0.25) is 20.1 Å². The van der Waals surface area contributed by atoms with Crippen LogP contribution in [0.4, 0.5) is 0 Å². The Hall–Kier alpha value is -3.40. The SMILES string of the molecule is C[C@@H]1C/C=C/C=C/C=C/C=C/[C@H](O[C@@H]2O[C@H](C)[C@@H](O)[C@H](N)[C@@H]2O)C[C@@H]2O[C@](O)(C[C@@H](O)C[C@H]3O[C@@H]3/C=C/C(=O)O1)C[C@H](O)[C@H]2C(=O)O.N#Cc1c(Cl)c(Cl)c(Cl)c(C#N)c1Cl. The second-order valence-electron chi connectivity index (χ2n) is 14.8. The first kappa shape index (κ1) is 50.2. The molecule has 2 bridgehead atoms. The normalized spacial score (nSPS) is 38.5. The van der Waals surface area contributed by atoms with Gasteiger partial charge >= 0.3 is 11.9 Å². The van der Waals surface area contributed by atoms with Gasteiger partial charge in [0.25, 0.3) is 0 Å². The summed E-state index contributed by atoms with van der Waals surface area (Å²) in [5, 5.41) is 81.2. The number of carbonyl (C=O) groups is 2. The summed E-state index contributed by atoms with van der Waals surface area (Å²) in [6.07, 6.45) is 5.25. The van der Waals surface area contributed by atoms with Crippen LogP contribution >= 0.6 is 46.4 Å². The van der Waals surface area contributed by atoms with Gasteiger partial charge < -0.3 is 60.1 Å². The number of nitrogens with zero attached hydrogens (tertiary/aromatic N) is 2. The second kappa shape index (κ2) is 22.8. The number of aliphatic hydroxyl groups excluding tert-OH is 4. The number of fused-ring (bicyclic) bond motifs is 3. The number of aliphatic hydroxyl groups is 5. The van der Waals surface area contributed by atoms with Crippen LogP contribution in [-0.4, -0.2) is 122 Å². The van der Waals surface area contributed by atoms with Gasteiger partial charge in [0.2, 0.25) is 0 Å². The van der Waals surface area contributed by atoms with Gasteiger partial charge in [0.05, 0.1) is 80.0 Å². The zero-order valence-corrected chi connectivity index (χ0v) is 35.9. The van der Waals surface area contributed by atoms with E-state index in [1.807, 2.05) is 6.08 Å². The smallest absolute Gasteiger partial charge is 0.330 e. The van der Waals surface area contributed by atoms with Gasteiger partial charge in [-0.3, -0.25) is 4.79 Å². The predicted molar refractivity (Wildman–Crippen MR) is 221 cm³/mol. The average Bonchev–Trinajstić information content (AvgIpc) is 3.93. The molecule has 0 spiro atoms. The minimum absolute atomic E-state index is 0.0363. The standard InChI is InChI=1S/C33H47NO13.C8Cl4N2/c1-18-10-8-6-4-3-5-7-9-11-21(45-32-30(39)28(34)29(38)19(2)44-32)15-25-27(31(40)41)22(36)17-33(42,47-25)16-20(35)14-24-23(46-24)12-13-26(37)43-18;9-5-3(1-13)6(10)8(12)7(11)4(5)2-14/h3-9,11-13,18-25,27-30,32,35-36,38-39,42H,10,14-17,34H2,1-2H3,(H,40,41);/b4-3+,7-5+,8-6+,11-9+,13-12+;/t18-,19-,20+,21+,22+,23-,24-,25+,27-,28+,29-,30+,32+,33-;/m1./s1. The molecule has 4 aliphatic heterocycles. The number of carbonyl (C=O) groups excluding carboxylic acids is 1. The van der Waals surface area contributed by atoms with E-state index >= 15 is 0 Å². The zero-order chi connectivity index (χ0) is 45.2. The summed E-state index contributed by atoms with van der Waals surface area (Å²) in [4.78, 5) is 24.4. The Morgan fingerprint density at radius 1 is 0.852 bits per heavy atom. The lowest BCUT2D eigenvalue weighted by Gasteiger charge is -2.45. The van der Waals surface area contributed by atoms with Gasteiger partial charge in [-0.2, -0.15) is 10.5 Å². The van der Waals surface area contributed by atoms with Gasteiger partial charge in [0, 0.05) is 38.2 Å². The molecule has 8 N–H and O–H groups in total. The molecule has 3 saturated heterocycles. The molecule has 5 rings (SSSR count). The maximum absolute atomic E-state index is 12.3. The summed E-state index contributed by atoms with van der Waals surface area (Å²) < 4.78 is 28.5. The third-order valence-electron chi connectivity index (χ3n) is 10.1. The number of hydrogen-bond acceptors (Lipinski definition) is 15. The lowest BCUT2D eigenvalue weighted by Crippen LogP contribution is -2.61. The maximum Gasteiger partial charge on any atom is 0.330 e. The molecule has 14 atom stereocenters. The Balaban J connectivity index is 0.000000495. The highest BCUT2D eigenvalue weighted by Crippen LogP contribution is 2.41. The van der Waals surface area contributed by atoms with Crippen LogP contribution in [0.1, 0.15) is 57.1 Å². The van der Waals surface area contributed by atoms with E-state index in [1.54, 1.807) is 68.5 Å². The molecule has 0 aromatic heterocycles. The van der Waals surface area contributed by atoms with Gasteiger partial charge in [0.1, 0.15) is 36.4 Å². The first-order valence-electron chi connectivity index (χ1n) is 19.1. The van der Waals surface area contributed by atoms with Crippen molar-refractivity contribution in [2.24, 2.45) is 11.7 Å². The number of halogens is 4. The molecule has 4 aliphatic rings. The van der Waals surface area contributed by atoms with Crippen LogP contribution in [0.3, 0.4) is 0 Å². The highest BCUT2D eigenvalue weighted by molar-refractivity contribution is 6.50. The van der Waals surface area contributed by atoms with E-state index in [0.717, 1.165) is 0 Å². The van der Waals surface area contributed by atoms with Crippen molar-refractivity contribution in [1.82, 2.24) is 0 Å². The van der Waals surface area contributed by atoms with E-state index in [1.165, 1.54) is 12.2 Å². The van der Waals surface area contributed by atoms with Crippen LogP contribution in [0.5, 0.6) is 0 Å². The number of carboxylic acids is 1. The molecule has 16 nitrogen and oxygen atoms in total. The third-order valence-corrected chi connectivity index (χ3v) is 11.8. The van der Waals surface area contributed by atoms with E-state index in [4.69, 9.17) is 86.3 Å². The number of carboxylic acid groups (broad SMARTS) is 1. The number of nitrogens with two attached hydrogens (primary N) is 1. The highest BCUT2D eigenvalue weighted by Gasteiger charge is 2.51. The molecule has 1 aromatic rings. The summed E-state index contributed by atoms with van der Waals surface area (Å²) in [6, 6.07) is 2.42. The molecule has 0 unspecified atom stereocenters. The number of allylic oxidation sites excluding steroid dienone is 6. The quantitative estimate of drug-likeness (QED) is 0.0970. The average molecular weight is 932 g/mol. The summed E-state index contributed by atoms with van der Waals surface area (Å²) in [7, 11) is 0. The molecule has 0 radical (unpaired) electrons. The minimum atomic E-state index is -2.10. The largest absolute Gasteiger partial charge is 0.481 e. The van der Waals surface area contributed by atoms with Crippen molar-refractivity contribution in [2.75, 3.05) is 0 Å². The van der Waals surface area contributed by atoms with Crippen molar-refractivity contribution in [1.29, 1.82) is 10.5 Å². The Bertz CT molecular complexity index is 1930. The minimum Gasteiger partial charge on any atom is -0.481 e. The summed E-state index contributed by atoms with van der Waals surface area (Å²) in [5.41, 5.74) is 5.89. The zero-order valence-electron chi connectivity index (χ0n) is 32.8. The Kier molecular flexibility index (Phi) is 18.8. The van der Waals surface area contributed by atoms with Gasteiger partial charge in [-0.1, -0.05) is 95.0 Å². The fraction of sp³-hybridized carbons (Fsp3) is 0.512. The van der Waals surface area contributed by atoms with Crippen LogP contribution in [0.25, 0.3) is 0 Å². The molecule has 20 heteroatoms. The number of epoxide rings is 1. The lowest BCUT2D eigenvalue weighted by molar-refractivity contribution is -0.308. The second-order valence-corrected chi connectivity index (χ2v) is 16.3. The molecule has 61 heavy (non-hydrogen) atoms. The fourth-order valence-corrected chi connectivity index (χ4v) is 7.90. The number of cyclic esters (lactones) is 1. The van der Waals surface area contributed by atoms with Gasteiger partial charge in [0.15, 0.2) is 12.1 Å². The molecular formula is C41H47Cl4N3O13. The van der Waals surface area contributed by atoms with E-state index in [0.29, 0.717) is 6.42 Å². The molecule has 0 aliphatic carbocycles. The molecule has 4 heterocycles. The van der Waals surface area contributed by atoms with Gasteiger partial charge in [-0.25, -0.2) is 4.79 Å². The summed E-state index contributed by atoms with van der Waals surface area (Å²) in [6.45, 7) is 3.34. The van der Waals surface area contributed by atoms with Crippen molar-refractivity contribution in [2.45, 2.75) is 125 Å². The number of nitriles is 2. The number of ether oxygens (including phenoxy) is 5. The fourth-order valence-electron chi connectivity index (χ4n) is 6.83. The van der Waals surface area contributed by atoms with Crippen molar-refractivity contribution in [3.8, 4) is 12.1 Å². The molecule has 0 saturated carbocycles. The predicted octanol–water partition coefficient (Wildman–Crippen LogP) is 4.16. The number of esters is 1. The topological polar surface area (TPSA) is 279 Å². The van der Waals surface area contributed by atoms with Crippen molar-refractivity contribution in [3.63, 3.8) is 0 Å². The Labute approximate surface area is 372 Å². The van der Waals surface area contributed by atoms with E-state index in [2.05, 4.69) is 0 Å². The Morgan fingerprint density at radius 2 is 1.48 bits per heavy atom. The van der Waals surface area contributed by atoms with Crippen molar-refractivity contribution in [3.05, 3.63) is 92.0 Å². The summed E-state index contributed by atoms with van der Waals surface area (Å²) >= 11 is 22.8. The van der Waals surface area contributed by atoms with E-state index in [-0.39, 0.29) is 56.6 Å². The number of benzene rings is 1. The first-order valence-corrected chi connectivity index (χ1v) is 20.6. The molecule has 0 amide bonds. The van der Waals surface area contributed by atoms with Crippen LogP contribution in [0.15, 0.2) is 60.8 Å². The monoisotopic (exact) mass is 929 g/mol. The maximum atomic E-state index is 12.3. The van der Waals surface area contributed by atoms with Crippen molar-refractivity contribution >= 4 is 58.3 Å². The van der Waals surface area contributed by atoms with Gasteiger partial charge in [-0.05, 0) is 19.9 Å². The lowest BCUT2D eigenvalue weighted by atomic mass is 9.83. The Morgan fingerprint density at radius 3 is 2.10 bits per heavy atom. The number of rotatable bonds is 3. The third kappa shape index (κ3) is 13.8. The highest BCUT2D eigenvalue weighted by atomic mass is 35.5. The van der Waals surface area contributed by atoms with Crippen molar-refractivity contribution < 1.29 is 63.9 Å². The van der Waals surface area contributed by atoms with E-state index < -0.39 is 97.3 Å².